The number of benzene rings is 2. The first kappa shape index (κ1) is 27.8. The lowest BCUT2D eigenvalue weighted by Crippen LogP contribution is -2.12. The molecule has 30 heavy (non-hydrogen) atoms. The van der Waals surface area contributed by atoms with E-state index in [1.165, 1.54) is 34.9 Å². The van der Waals surface area contributed by atoms with E-state index in [1.807, 2.05) is 0 Å². The van der Waals surface area contributed by atoms with Crippen molar-refractivity contribution in [3.05, 3.63) is 72.4 Å². The lowest BCUT2D eigenvalue weighted by Gasteiger charge is -2.12. The minimum Gasteiger partial charge on any atom is -0.380 e. The van der Waals surface area contributed by atoms with E-state index < -0.39 is 12.3 Å². The summed E-state index contributed by atoms with van der Waals surface area (Å²) in [6, 6.07) is 17.4. The molecule has 2 N–H and O–H groups in total. The van der Waals surface area contributed by atoms with E-state index in [4.69, 9.17) is 9.94 Å². The second-order valence-corrected chi connectivity index (χ2v) is 7.35. The minimum absolute atomic E-state index is 0.0926. The number of aryl methyl sites for hydroxylation is 1. The zero-order chi connectivity index (χ0) is 22.9. The molecule has 0 fully saturated rings. The first-order valence-electron chi connectivity index (χ1n) is 10.3. The Hall–Kier alpha value is -2.24. The molecule has 0 aliphatic rings. The molecule has 5 heteroatoms. The van der Waals surface area contributed by atoms with Crippen LogP contribution in [-0.4, -0.2) is 18.7 Å². The van der Waals surface area contributed by atoms with Gasteiger partial charge in [0, 0.05) is 19.2 Å². The van der Waals surface area contributed by atoms with E-state index in [2.05, 4.69) is 62.0 Å². The molecule has 0 aromatic heterocycles. The largest absolute Gasteiger partial charge is 0.380 e. The van der Waals surface area contributed by atoms with Crippen LogP contribution < -0.4 is 5.48 Å². The van der Waals surface area contributed by atoms with Crippen LogP contribution in [0.2, 0.25) is 0 Å². The van der Waals surface area contributed by atoms with Crippen molar-refractivity contribution in [1.29, 1.82) is 0 Å². The fourth-order valence-electron chi connectivity index (χ4n) is 2.45. The second kappa shape index (κ2) is 16.5. The summed E-state index contributed by atoms with van der Waals surface area (Å²) in [6.45, 7) is 11.2. The van der Waals surface area contributed by atoms with E-state index in [-0.39, 0.29) is 5.92 Å². The molecule has 0 aliphatic carbocycles. The maximum atomic E-state index is 11.7. The smallest absolute Gasteiger partial charge is 0.241 e. The van der Waals surface area contributed by atoms with Crippen molar-refractivity contribution in [2.45, 2.75) is 53.6 Å². The zero-order valence-electron chi connectivity index (χ0n) is 18.9. The van der Waals surface area contributed by atoms with Crippen molar-refractivity contribution >= 4 is 0 Å². The molecule has 0 radical (unpaired) electrons. The third-order valence-corrected chi connectivity index (χ3v) is 4.60. The molecule has 2 aromatic carbocycles. The average molecular weight is 422 g/mol. The molecule has 168 valence electrons. The van der Waals surface area contributed by atoms with Crippen molar-refractivity contribution in [3.8, 4) is 11.1 Å². The monoisotopic (exact) mass is 421 g/mol. The maximum absolute atomic E-state index is 11.7. The predicted octanol–water partition coefficient (Wildman–Crippen LogP) is 7.10. The standard InChI is InChI=1S/C17H20O.C6H12F2.C2H5NO/c1-3-5-14-8-10-16(11-9-14)17-7-4-6-15(12-17)13-18-2;1-4(2)5(3)6(7)8;1-2-3-4/h4,6-12H,3,5,13H2,1-2H3;4-6H,1-3H3;2-4H,1H2. The van der Waals surface area contributed by atoms with Gasteiger partial charge in [-0.25, -0.2) is 8.78 Å². The van der Waals surface area contributed by atoms with E-state index in [0.717, 1.165) is 6.42 Å². The van der Waals surface area contributed by atoms with Crippen molar-refractivity contribution in [1.82, 2.24) is 5.48 Å². The second-order valence-electron chi connectivity index (χ2n) is 7.35. The van der Waals surface area contributed by atoms with Crippen LogP contribution in [-0.2, 0) is 17.8 Å². The average Bonchev–Trinajstić information content (AvgIpc) is 2.75. The summed E-state index contributed by atoms with van der Waals surface area (Å²) in [5.41, 5.74) is 6.85. The number of ether oxygens (including phenoxy) is 1. The van der Waals surface area contributed by atoms with Gasteiger partial charge in [0.25, 0.3) is 0 Å². The highest BCUT2D eigenvalue weighted by Gasteiger charge is 2.17. The van der Waals surface area contributed by atoms with E-state index in [0.29, 0.717) is 6.61 Å². The van der Waals surface area contributed by atoms with Gasteiger partial charge in [-0.1, -0.05) is 83.2 Å². The van der Waals surface area contributed by atoms with Gasteiger partial charge < -0.3 is 4.74 Å². The van der Waals surface area contributed by atoms with Gasteiger partial charge in [0.1, 0.15) is 0 Å². The van der Waals surface area contributed by atoms with Crippen LogP contribution in [0, 0.1) is 11.8 Å². The molecule has 0 saturated carbocycles. The summed E-state index contributed by atoms with van der Waals surface area (Å²) < 4.78 is 28.5. The summed E-state index contributed by atoms with van der Waals surface area (Å²) in [6.07, 6.45) is 1.38. The van der Waals surface area contributed by atoms with E-state index >= 15 is 0 Å². The summed E-state index contributed by atoms with van der Waals surface area (Å²) in [5, 5.41) is 7.51. The van der Waals surface area contributed by atoms with Gasteiger partial charge in [-0.3, -0.25) is 10.7 Å². The van der Waals surface area contributed by atoms with Crippen LogP contribution in [0.1, 0.15) is 45.2 Å². The Labute approximate surface area is 180 Å². The third kappa shape index (κ3) is 11.7. The Bertz CT molecular complexity index is 680. The normalized spacial score (nSPS) is 11.1. The van der Waals surface area contributed by atoms with Crippen LogP contribution in [0.4, 0.5) is 8.78 Å². The van der Waals surface area contributed by atoms with Crippen molar-refractivity contribution in [2.24, 2.45) is 11.8 Å². The number of methoxy groups -OCH3 is 1. The molecule has 0 heterocycles. The molecule has 2 rings (SSSR count). The summed E-state index contributed by atoms with van der Waals surface area (Å²) in [5.74, 6) is -0.370. The minimum atomic E-state index is -2.16. The molecule has 2 aromatic rings. The molecular formula is C25H37F2NO2. The lowest BCUT2D eigenvalue weighted by molar-refractivity contribution is 0.0626. The molecule has 0 saturated heterocycles. The highest BCUT2D eigenvalue weighted by Crippen LogP contribution is 2.21. The molecule has 1 atom stereocenters. The first-order valence-corrected chi connectivity index (χ1v) is 10.3. The molecule has 0 amide bonds. The van der Waals surface area contributed by atoms with Crippen LogP contribution in [0.15, 0.2) is 61.3 Å². The van der Waals surface area contributed by atoms with Crippen LogP contribution >= 0.6 is 0 Å². The van der Waals surface area contributed by atoms with E-state index in [9.17, 15) is 8.78 Å². The van der Waals surface area contributed by atoms with Crippen LogP contribution in [0.3, 0.4) is 0 Å². The Morgan fingerprint density at radius 2 is 1.63 bits per heavy atom. The SMILES string of the molecule is C=CNO.CC(C)C(C)C(F)F.CCCc1ccc(-c2cccc(COC)c2)cc1. The molecule has 1 unspecified atom stereocenters. The number of nitrogens with one attached hydrogen (secondary N) is 1. The molecule has 0 spiro atoms. The van der Waals surface area contributed by atoms with Gasteiger partial charge >= 0.3 is 0 Å². The van der Waals surface area contributed by atoms with Gasteiger partial charge in [0.2, 0.25) is 6.43 Å². The van der Waals surface area contributed by atoms with Gasteiger partial charge in [-0.2, -0.15) is 0 Å². The highest BCUT2D eigenvalue weighted by atomic mass is 19.3. The van der Waals surface area contributed by atoms with Gasteiger partial charge in [0.15, 0.2) is 0 Å². The van der Waals surface area contributed by atoms with Gasteiger partial charge in [0.05, 0.1) is 6.61 Å². The third-order valence-electron chi connectivity index (χ3n) is 4.60. The summed E-state index contributed by atoms with van der Waals surface area (Å²) in [7, 11) is 1.73. The van der Waals surface area contributed by atoms with Gasteiger partial charge in [-0.15, -0.1) is 0 Å². The van der Waals surface area contributed by atoms with Gasteiger partial charge in [-0.05, 0) is 40.7 Å². The predicted molar refractivity (Wildman–Crippen MR) is 122 cm³/mol. The lowest BCUT2D eigenvalue weighted by atomic mass is 9.99. The molecule has 0 bridgehead atoms. The number of hydrogen-bond acceptors (Lipinski definition) is 3. The maximum Gasteiger partial charge on any atom is 0.241 e. The Morgan fingerprint density at radius 1 is 1.03 bits per heavy atom. The van der Waals surface area contributed by atoms with Crippen molar-refractivity contribution in [3.63, 3.8) is 0 Å². The number of hydrogen-bond donors (Lipinski definition) is 2. The summed E-state index contributed by atoms with van der Waals surface area (Å²) >= 11 is 0. The zero-order valence-corrected chi connectivity index (χ0v) is 18.9. The number of halogens is 2. The number of rotatable bonds is 8. The Balaban J connectivity index is 0.000000585. The molecular weight excluding hydrogens is 384 g/mol. The Kier molecular flexibility index (Phi) is 15.3. The Morgan fingerprint density at radius 3 is 2.03 bits per heavy atom. The van der Waals surface area contributed by atoms with Crippen LogP contribution in [0.25, 0.3) is 11.1 Å². The topological polar surface area (TPSA) is 41.5 Å². The van der Waals surface area contributed by atoms with Crippen molar-refractivity contribution in [2.75, 3.05) is 7.11 Å². The summed E-state index contributed by atoms with van der Waals surface area (Å²) in [4.78, 5) is 0. The number of alkyl halides is 2. The molecule has 3 nitrogen and oxygen atoms in total. The quantitative estimate of drug-likeness (QED) is 0.447. The highest BCUT2D eigenvalue weighted by molar-refractivity contribution is 5.64. The fraction of sp³-hybridized carbons (Fsp3) is 0.440. The number of hydroxylamine groups is 1. The molecule has 0 aliphatic heterocycles. The van der Waals surface area contributed by atoms with Crippen LogP contribution in [0.5, 0.6) is 0 Å². The van der Waals surface area contributed by atoms with E-state index in [1.54, 1.807) is 33.4 Å². The fourth-order valence-corrected chi connectivity index (χ4v) is 2.45. The first-order chi connectivity index (χ1) is 14.3. The van der Waals surface area contributed by atoms with Crippen molar-refractivity contribution < 1.29 is 18.7 Å².